The molecule has 3 aromatic heterocycles. The second-order valence-electron chi connectivity index (χ2n) is 8.57. The van der Waals surface area contributed by atoms with E-state index in [1.807, 2.05) is 0 Å². The van der Waals surface area contributed by atoms with E-state index in [1.165, 1.54) is 25.4 Å². The van der Waals surface area contributed by atoms with E-state index in [0.29, 0.717) is 6.20 Å². The maximum absolute atomic E-state index is 14.4. The van der Waals surface area contributed by atoms with Gasteiger partial charge in [-0.1, -0.05) is 0 Å². The number of rotatable bonds is 6. The van der Waals surface area contributed by atoms with Gasteiger partial charge in [-0.2, -0.15) is 22.0 Å². The van der Waals surface area contributed by atoms with Crippen LogP contribution >= 0.6 is 0 Å². The third-order valence-electron chi connectivity index (χ3n) is 5.75. The molecule has 0 spiro atoms. The van der Waals surface area contributed by atoms with Crippen LogP contribution in [0.2, 0.25) is 0 Å². The normalized spacial score (nSPS) is 19.6. The summed E-state index contributed by atoms with van der Waals surface area (Å²) in [5.74, 6) is -4.65. The highest BCUT2D eigenvalue weighted by Gasteiger charge is 2.48. The smallest absolute Gasteiger partial charge is 0.368 e. The van der Waals surface area contributed by atoms with Crippen LogP contribution in [0.15, 0.2) is 48.9 Å². The fourth-order valence-electron chi connectivity index (χ4n) is 3.89. The monoisotopic (exact) mass is 556 g/mol. The predicted molar refractivity (Wildman–Crippen MR) is 122 cm³/mol. The third kappa shape index (κ3) is 6.42. The summed E-state index contributed by atoms with van der Waals surface area (Å²) >= 11 is 0. The van der Waals surface area contributed by atoms with Crippen molar-refractivity contribution in [2.45, 2.75) is 37.3 Å². The van der Waals surface area contributed by atoms with Crippen LogP contribution in [0.5, 0.6) is 0 Å². The third-order valence-corrected chi connectivity index (χ3v) is 5.75. The summed E-state index contributed by atoms with van der Waals surface area (Å²) in [5, 5.41) is 31.5. The van der Waals surface area contributed by atoms with Crippen LogP contribution in [0.3, 0.4) is 0 Å². The van der Waals surface area contributed by atoms with Gasteiger partial charge in [0.1, 0.15) is 23.8 Å². The number of anilines is 1. The van der Waals surface area contributed by atoms with Gasteiger partial charge in [-0.25, -0.2) is 19.9 Å². The fraction of sp³-hybridized carbons (Fsp3) is 0.348. The van der Waals surface area contributed by atoms with Gasteiger partial charge in [0.25, 0.3) is 5.91 Å². The summed E-state index contributed by atoms with van der Waals surface area (Å²) in [7, 11) is 0. The number of carbonyl (C=O) groups excluding carboxylic acids is 1. The van der Waals surface area contributed by atoms with Gasteiger partial charge in [0.05, 0.1) is 23.3 Å². The van der Waals surface area contributed by atoms with Crippen LogP contribution in [0.4, 0.5) is 27.8 Å². The molecule has 4 rings (SSSR count). The van der Waals surface area contributed by atoms with Crippen LogP contribution in [-0.2, 0) is 16.9 Å². The highest BCUT2D eigenvalue weighted by atomic mass is 19.4. The minimum absolute atomic E-state index is 0.0240. The van der Waals surface area contributed by atoms with Crippen molar-refractivity contribution in [3.63, 3.8) is 0 Å². The minimum Gasteiger partial charge on any atom is -0.368 e. The lowest BCUT2D eigenvalue weighted by atomic mass is 10.0. The molecule has 4 heterocycles. The topological polar surface area (TPSA) is 154 Å². The Kier molecular flexibility index (Phi) is 7.48. The standard InChI is InChI=1S/C23H21F5N6O5/c1-12-15(10-32-17-6-3-13(9-31-17)22(26,27)28)34(11-21(24,25)39-12)20(35)18-14(19-29-7-2-8-30-19)4-5-16(33-18)23(36,37)38/h2-9,12,15,36-38H,10-11H2,1H3,(H,31,32). The number of aliphatic hydroxyl groups is 3. The average molecular weight is 556 g/mol. The number of pyridine rings is 2. The van der Waals surface area contributed by atoms with Crippen molar-refractivity contribution in [1.82, 2.24) is 24.8 Å². The van der Waals surface area contributed by atoms with E-state index in [4.69, 9.17) is 4.74 Å². The molecule has 2 unspecified atom stereocenters. The van der Waals surface area contributed by atoms with E-state index in [2.05, 4.69) is 25.3 Å². The van der Waals surface area contributed by atoms with Crippen LogP contribution in [0.1, 0.15) is 28.7 Å². The Balaban J connectivity index is 1.69. The zero-order valence-electron chi connectivity index (χ0n) is 20.0. The SMILES string of the molecule is CC1OC(F)(F)CN(C(=O)c2nc(C(O)(O)O)ccc2-c2ncccn2)C1CNc1ccc(C(F)(F)F)cn1. The lowest BCUT2D eigenvalue weighted by Gasteiger charge is -2.43. The zero-order chi connectivity index (χ0) is 28.6. The second kappa shape index (κ2) is 10.4. The summed E-state index contributed by atoms with van der Waals surface area (Å²) in [4.78, 5) is 29.9. The molecule has 2 atom stereocenters. The second-order valence-corrected chi connectivity index (χ2v) is 8.57. The van der Waals surface area contributed by atoms with E-state index >= 15 is 0 Å². The Morgan fingerprint density at radius 3 is 2.41 bits per heavy atom. The molecule has 39 heavy (non-hydrogen) atoms. The summed E-state index contributed by atoms with van der Waals surface area (Å²) in [6.45, 7) is -0.250. The van der Waals surface area contributed by atoms with Gasteiger partial charge in [-0.3, -0.25) is 4.79 Å². The molecule has 208 valence electrons. The summed E-state index contributed by atoms with van der Waals surface area (Å²) in [6, 6.07) is 4.31. The first-order chi connectivity index (χ1) is 18.2. The van der Waals surface area contributed by atoms with Crippen LogP contribution in [0, 0.1) is 0 Å². The van der Waals surface area contributed by atoms with E-state index in [9.17, 15) is 42.1 Å². The molecule has 3 aromatic rings. The van der Waals surface area contributed by atoms with Crippen molar-refractivity contribution in [3.8, 4) is 11.4 Å². The Labute approximate surface area is 216 Å². The zero-order valence-corrected chi connectivity index (χ0v) is 20.0. The van der Waals surface area contributed by atoms with E-state index in [0.717, 1.165) is 29.2 Å². The molecular formula is C23H21F5N6O5. The molecule has 0 bridgehead atoms. The highest BCUT2D eigenvalue weighted by molar-refractivity contribution is 5.98. The molecule has 16 heteroatoms. The first-order valence-electron chi connectivity index (χ1n) is 11.3. The van der Waals surface area contributed by atoms with Crippen LogP contribution < -0.4 is 5.32 Å². The number of morpholine rings is 1. The largest absolute Gasteiger partial charge is 0.417 e. The minimum atomic E-state index is -4.61. The first-order valence-corrected chi connectivity index (χ1v) is 11.3. The molecule has 0 saturated carbocycles. The van der Waals surface area contributed by atoms with Gasteiger partial charge in [0.2, 0.25) is 0 Å². The molecule has 0 radical (unpaired) electrons. The molecule has 1 aliphatic rings. The Hall–Kier alpha value is -3.86. The maximum Gasteiger partial charge on any atom is 0.417 e. The summed E-state index contributed by atoms with van der Waals surface area (Å²) < 4.78 is 72.1. The number of ether oxygens (including phenoxy) is 1. The van der Waals surface area contributed by atoms with Gasteiger partial charge in [0.15, 0.2) is 5.82 Å². The molecule has 0 aromatic carbocycles. The number of nitrogens with one attached hydrogen (secondary N) is 1. The molecule has 1 aliphatic heterocycles. The fourth-order valence-corrected chi connectivity index (χ4v) is 3.89. The molecule has 1 fully saturated rings. The van der Waals surface area contributed by atoms with Crippen molar-refractivity contribution in [2.24, 2.45) is 0 Å². The maximum atomic E-state index is 14.4. The number of amides is 1. The molecule has 4 N–H and O–H groups in total. The van der Waals surface area contributed by atoms with Crippen molar-refractivity contribution in [1.29, 1.82) is 0 Å². The lowest BCUT2D eigenvalue weighted by Crippen LogP contribution is -2.61. The predicted octanol–water partition coefficient (Wildman–Crippen LogP) is 1.97. The Morgan fingerprint density at radius 2 is 1.82 bits per heavy atom. The number of carbonyl (C=O) groups is 1. The van der Waals surface area contributed by atoms with Crippen molar-refractivity contribution in [3.05, 3.63) is 65.9 Å². The highest BCUT2D eigenvalue weighted by Crippen LogP contribution is 2.33. The average Bonchev–Trinajstić information content (AvgIpc) is 2.86. The number of nitrogens with zero attached hydrogens (tertiary/aromatic N) is 5. The molecule has 1 amide bonds. The number of hydrogen-bond donors (Lipinski definition) is 4. The molecule has 1 saturated heterocycles. The van der Waals surface area contributed by atoms with Crippen LogP contribution in [0.25, 0.3) is 11.4 Å². The van der Waals surface area contributed by atoms with Crippen LogP contribution in [-0.4, -0.2) is 77.4 Å². The molecule has 11 nitrogen and oxygen atoms in total. The van der Waals surface area contributed by atoms with Crippen molar-refractivity contribution >= 4 is 11.7 Å². The van der Waals surface area contributed by atoms with Crippen molar-refractivity contribution < 1.29 is 46.8 Å². The number of halogens is 5. The number of alkyl halides is 5. The van der Waals surface area contributed by atoms with E-state index < -0.39 is 59.8 Å². The number of hydrogen-bond acceptors (Lipinski definition) is 10. The van der Waals surface area contributed by atoms with Crippen molar-refractivity contribution in [2.75, 3.05) is 18.4 Å². The van der Waals surface area contributed by atoms with Gasteiger partial charge in [-0.15, -0.1) is 0 Å². The molecule has 0 aliphatic carbocycles. The van der Waals surface area contributed by atoms with Gasteiger partial charge in [0, 0.05) is 25.1 Å². The quantitative estimate of drug-likeness (QED) is 0.262. The van der Waals surface area contributed by atoms with Gasteiger partial charge < -0.3 is 30.3 Å². The molecular weight excluding hydrogens is 535 g/mol. The van der Waals surface area contributed by atoms with E-state index in [-0.39, 0.29) is 23.8 Å². The Bertz CT molecular complexity index is 1320. The summed E-state index contributed by atoms with van der Waals surface area (Å²) in [6.07, 6.45) is -6.41. The lowest BCUT2D eigenvalue weighted by molar-refractivity contribution is -0.326. The Morgan fingerprint density at radius 1 is 1.13 bits per heavy atom. The van der Waals surface area contributed by atoms with Gasteiger partial charge in [-0.05, 0) is 37.3 Å². The number of aromatic nitrogens is 4. The summed E-state index contributed by atoms with van der Waals surface area (Å²) in [5.41, 5.74) is -2.41. The first kappa shape index (κ1) is 28.2. The van der Waals surface area contributed by atoms with E-state index in [1.54, 1.807) is 0 Å². The van der Waals surface area contributed by atoms with Gasteiger partial charge >= 0.3 is 18.3 Å².